The highest BCUT2D eigenvalue weighted by Crippen LogP contribution is 2.27. The lowest BCUT2D eigenvalue weighted by Crippen LogP contribution is -2.16. The summed E-state index contributed by atoms with van der Waals surface area (Å²) in [6.45, 7) is 1.12. The number of para-hydroxylation sites is 1. The van der Waals surface area contributed by atoms with Crippen LogP contribution in [0.3, 0.4) is 0 Å². The molecule has 0 fully saturated rings. The van der Waals surface area contributed by atoms with Gasteiger partial charge in [0.1, 0.15) is 0 Å². The van der Waals surface area contributed by atoms with Crippen LogP contribution in [0.5, 0.6) is 11.5 Å². The number of nitrogens with one attached hydrogen (secondary N) is 2. The van der Waals surface area contributed by atoms with Crippen molar-refractivity contribution in [3.8, 4) is 11.5 Å². The molecule has 134 valence electrons. The fraction of sp³-hybridized carbons (Fsp3) is 0.263. The maximum absolute atomic E-state index is 9.48. The van der Waals surface area contributed by atoms with Crippen LogP contribution >= 0.6 is 0 Å². The zero-order valence-electron chi connectivity index (χ0n) is 14.2. The Morgan fingerprint density at radius 2 is 1.88 bits per heavy atom. The van der Waals surface area contributed by atoms with Gasteiger partial charge >= 0.3 is 0 Å². The van der Waals surface area contributed by atoms with Crippen molar-refractivity contribution in [2.75, 3.05) is 20.1 Å². The minimum atomic E-state index is -0.670. The maximum atomic E-state index is 9.48. The highest BCUT2D eigenvalue weighted by Gasteiger charge is 2.08. The van der Waals surface area contributed by atoms with Crippen LogP contribution in [0.15, 0.2) is 48.7 Å². The first-order valence-corrected chi connectivity index (χ1v) is 8.16. The molecule has 7 N–H and O–H groups in total. The van der Waals surface area contributed by atoms with Crippen LogP contribution in [-0.4, -0.2) is 40.4 Å². The molecule has 0 radical (unpaired) electrons. The number of rotatable bonds is 5. The fourth-order valence-corrected chi connectivity index (χ4v) is 2.55. The third-order valence-corrected chi connectivity index (χ3v) is 3.87. The van der Waals surface area contributed by atoms with Crippen LogP contribution in [0.25, 0.3) is 10.9 Å². The summed E-state index contributed by atoms with van der Waals surface area (Å²) in [6.07, 6.45) is 2.32. The summed E-state index contributed by atoms with van der Waals surface area (Å²) in [5.74, 6) is -0.395. The summed E-state index contributed by atoms with van der Waals surface area (Å²) < 4.78 is 0. The number of hydrogen-bond donors (Lipinski definition) is 6. The van der Waals surface area contributed by atoms with Gasteiger partial charge in [0.25, 0.3) is 0 Å². The Bertz CT molecular complexity index is 801. The number of phenolic OH excluding ortho intramolecular Hbond substituents is 2. The zero-order valence-corrected chi connectivity index (χ0v) is 14.2. The molecule has 0 spiro atoms. The Morgan fingerprint density at radius 1 is 1.12 bits per heavy atom. The van der Waals surface area contributed by atoms with Crippen molar-refractivity contribution >= 4 is 10.9 Å². The average molecular weight is 343 g/mol. The first-order chi connectivity index (χ1) is 12.1. The van der Waals surface area contributed by atoms with Gasteiger partial charge in [0.15, 0.2) is 11.5 Å². The second-order valence-corrected chi connectivity index (χ2v) is 5.72. The first-order valence-electron chi connectivity index (χ1n) is 8.16. The Morgan fingerprint density at radius 3 is 2.56 bits per heavy atom. The van der Waals surface area contributed by atoms with Gasteiger partial charge in [-0.05, 0) is 49.3 Å². The molecule has 6 nitrogen and oxygen atoms in total. The SMILES string of the molecule is CNC[C@H](O)c1ccc(O)c(O)c1.NCCc1c[nH]c2ccccc12. The third kappa shape index (κ3) is 4.96. The van der Waals surface area contributed by atoms with Crippen molar-refractivity contribution in [2.45, 2.75) is 12.5 Å². The topological polar surface area (TPSA) is 115 Å². The third-order valence-electron chi connectivity index (χ3n) is 3.87. The molecule has 0 aliphatic rings. The first kappa shape index (κ1) is 18.8. The van der Waals surface area contributed by atoms with E-state index in [4.69, 9.17) is 15.9 Å². The molecule has 1 atom stereocenters. The van der Waals surface area contributed by atoms with Crippen LogP contribution in [0.2, 0.25) is 0 Å². The molecule has 1 aromatic heterocycles. The number of aromatic hydroxyl groups is 2. The number of benzene rings is 2. The summed E-state index contributed by atoms with van der Waals surface area (Å²) in [5, 5.41) is 31.7. The van der Waals surface area contributed by atoms with Crippen LogP contribution in [0.1, 0.15) is 17.2 Å². The van der Waals surface area contributed by atoms with E-state index in [1.54, 1.807) is 13.1 Å². The van der Waals surface area contributed by atoms with Gasteiger partial charge < -0.3 is 31.4 Å². The highest BCUT2D eigenvalue weighted by molar-refractivity contribution is 5.83. The lowest BCUT2D eigenvalue weighted by molar-refractivity contribution is 0.177. The molecule has 0 unspecified atom stereocenters. The van der Waals surface area contributed by atoms with E-state index in [-0.39, 0.29) is 11.5 Å². The molecular formula is C19H25N3O3. The molecule has 0 saturated heterocycles. The van der Waals surface area contributed by atoms with Gasteiger partial charge in [-0.2, -0.15) is 0 Å². The molecule has 3 aromatic rings. The van der Waals surface area contributed by atoms with Crippen molar-refractivity contribution in [3.63, 3.8) is 0 Å². The van der Waals surface area contributed by atoms with Gasteiger partial charge in [0, 0.05) is 23.6 Å². The predicted molar refractivity (Wildman–Crippen MR) is 99.7 cm³/mol. The van der Waals surface area contributed by atoms with E-state index in [1.165, 1.54) is 28.6 Å². The van der Waals surface area contributed by atoms with Crippen molar-refractivity contribution in [3.05, 3.63) is 59.8 Å². The van der Waals surface area contributed by atoms with E-state index < -0.39 is 6.10 Å². The van der Waals surface area contributed by atoms with Crippen LogP contribution in [0.4, 0.5) is 0 Å². The van der Waals surface area contributed by atoms with Crippen molar-refractivity contribution in [2.24, 2.45) is 5.73 Å². The molecule has 6 heteroatoms. The molecule has 3 rings (SSSR count). The summed E-state index contributed by atoms with van der Waals surface area (Å²) in [4.78, 5) is 3.22. The number of aliphatic hydroxyl groups excluding tert-OH is 1. The smallest absolute Gasteiger partial charge is 0.157 e. The number of likely N-dealkylation sites (N-methyl/N-ethyl adjacent to an activating group) is 1. The Kier molecular flexibility index (Phi) is 6.82. The Balaban J connectivity index is 0.000000181. The summed E-state index contributed by atoms with van der Waals surface area (Å²) in [5.41, 5.74) is 8.58. The van der Waals surface area contributed by atoms with E-state index in [1.807, 2.05) is 12.3 Å². The normalized spacial score (nSPS) is 11.8. The number of fused-ring (bicyclic) bond motifs is 1. The van der Waals surface area contributed by atoms with E-state index >= 15 is 0 Å². The van der Waals surface area contributed by atoms with Crippen LogP contribution in [-0.2, 0) is 6.42 Å². The number of H-pyrrole nitrogens is 1. The number of aromatic nitrogens is 1. The fourth-order valence-electron chi connectivity index (χ4n) is 2.55. The minimum Gasteiger partial charge on any atom is -0.504 e. The Hall–Kier alpha value is -2.54. The largest absolute Gasteiger partial charge is 0.504 e. The standard InChI is InChI=1S/C10H12N2.C9H13NO3/c11-6-5-8-7-12-10-4-2-1-3-9(8)10;1-10-5-9(13)6-2-3-7(11)8(12)4-6/h1-4,7,12H,5-6,11H2;2-4,9-13H,5H2,1H3/t;9-/m.0/s1. The van der Waals surface area contributed by atoms with E-state index in [0.29, 0.717) is 18.7 Å². The van der Waals surface area contributed by atoms with Crippen molar-refractivity contribution in [1.29, 1.82) is 0 Å². The monoisotopic (exact) mass is 343 g/mol. The predicted octanol–water partition coefficient (Wildman–Crippen LogP) is 2.02. The molecular weight excluding hydrogens is 318 g/mol. The highest BCUT2D eigenvalue weighted by atomic mass is 16.3. The molecule has 0 aliphatic carbocycles. The van der Waals surface area contributed by atoms with Crippen molar-refractivity contribution in [1.82, 2.24) is 10.3 Å². The maximum Gasteiger partial charge on any atom is 0.157 e. The summed E-state index contributed by atoms with van der Waals surface area (Å²) in [7, 11) is 1.73. The number of phenols is 2. The van der Waals surface area contributed by atoms with E-state index in [2.05, 4.69) is 28.5 Å². The number of nitrogens with two attached hydrogens (primary N) is 1. The molecule has 25 heavy (non-hydrogen) atoms. The Labute approximate surface area is 146 Å². The number of hydrogen-bond acceptors (Lipinski definition) is 5. The van der Waals surface area contributed by atoms with Gasteiger partial charge in [-0.3, -0.25) is 0 Å². The van der Waals surface area contributed by atoms with Gasteiger partial charge in [-0.25, -0.2) is 0 Å². The molecule has 0 bridgehead atoms. The molecule has 2 aromatic carbocycles. The molecule has 1 heterocycles. The van der Waals surface area contributed by atoms with Crippen LogP contribution < -0.4 is 11.1 Å². The quantitative estimate of drug-likeness (QED) is 0.397. The average Bonchev–Trinajstić information content (AvgIpc) is 3.02. The molecule has 0 aliphatic heterocycles. The van der Waals surface area contributed by atoms with E-state index in [9.17, 15) is 5.11 Å². The molecule has 0 amide bonds. The van der Waals surface area contributed by atoms with E-state index in [0.717, 1.165) is 6.42 Å². The lowest BCUT2D eigenvalue weighted by atomic mass is 10.1. The number of aromatic amines is 1. The van der Waals surface area contributed by atoms with Gasteiger partial charge in [0.05, 0.1) is 6.10 Å². The second-order valence-electron chi connectivity index (χ2n) is 5.72. The second kappa shape index (κ2) is 9.08. The van der Waals surface area contributed by atoms with Gasteiger partial charge in [-0.1, -0.05) is 24.3 Å². The van der Waals surface area contributed by atoms with Gasteiger partial charge in [-0.15, -0.1) is 0 Å². The lowest BCUT2D eigenvalue weighted by Gasteiger charge is -2.10. The minimum absolute atomic E-state index is 0.180. The summed E-state index contributed by atoms with van der Waals surface area (Å²) >= 11 is 0. The summed E-state index contributed by atoms with van der Waals surface area (Å²) in [6, 6.07) is 12.5. The zero-order chi connectivity index (χ0) is 18.2. The van der Waals surface area contributed by atoms with Crippen molar-refractivity contribution < 1.29 is 15.3 Å². The van der Waals surface area contributed by atoms with Crippen LogP contribution in [0, 0.1) is 0 Å². The molecule has 0 saturated carbocycles. The van der Waals surface area contributed by atoms with Gasteiger partial charge in [0.2, 0.25) is 0 Å². The number of aliphatic hydroxyl groups is 1.